The Hall–Kier alpha value is -3.35. The zero-order chi connectivity index (χ0) is 28.0. The standard InChI is InChI=1S/C27H36N6O5S/c1-6-27(23(34)38-8-3)9-11-33(12-10-27)24-29-15-18(16-30-24)17-13-19(22(36-4)37-5)21-20(14-17)31-26(39-21)32-25(35)28-7-2/h13-16,22H,6-12H2,1-5H3,(H2,28,31,32,35). The van der Waals surface area contributed by atoms with Crippen LogP contribution in [0.4, 0.5) is 15.9 Å². The number of hydrogen-bond acceptors (Lipinski definition) is 10. The van der Waals surface area contributed by atoms with E-state index in [1.807, 2.05) is 32.9 Å². The van der Waals surface area contributed by atoms with Crippen molar-refractivity contribution >= 4 is 44.6 Å². The van der Waals surface area contributed by atoms with Crippen LogP contribution in [0.3, 0.4) is 0 Å². The molecule has 1 saturated heterocycles. The maximum absolute atomic E-state index is 12.6. The number of carbonyl (C=O) groups excluding carboxylic acids is 2. The van der Waals surface area contributed by atoms with Crippen LogP contribution >= 0.6 is 11.3 Å². The van der Waals surface area contributed by atoms with Crippen LogP contribution in [-0.4, -0.2) is 67.4 Å². The normalized spacial score (nSPS) is 15.0. The number of ether oxygens (including phenoxy) is 3. The molecule has 0 atom stereocenters. The summed E-state index contributed by atoms with van der Waals surface area (Å²) in [5.41, 5.74) is 2.72. The highest BCUT2D eigenvalue weighted by Gasteiger charge is 2.41. The minimum atomic E-state index is -0.614. The Kier molecular flexibility index (Phi) is 9.31. The topological polar surface area (TPSA) is 128 Å². The van der Waals surface area contributed by atoms with Gasteiger partial charge in [-0.05, 0) is 50.8 Å². The molecule has 0 unspecified atom stereocenters. The number of rotatable bonds is 10. The number of aromatic nitrogens is 3. The van der Waals surface area contributed by atoms with Gasteiger partial charge in [0.25, 0.3) is 0 Å². The molecule has 2 aromatic heterocycles. The molecule has 2 amide bonds. The van der Waals surface area contributed by atoms with Crippen molar-refractivity contribution in [2.75, 3.05) is 50.7 Å². The summed E-state index contributed by atoms with van der Waals surface area (Å²) in [6.07, 6.45) is 5.13. The van der Waals surface area contributed by atoms with E-state index >= 15 is 0 Å². The van der Waals surface area contributed by atoms with Gasteiger partial charge in [-0.3, -0.25) is 10.1 Å². The summed E-state index contributed by atoms with van der Waals surface area (Å²) >= 11 is 1.35. The second kappa shape index (κ2) is 12.7. The van der Waals surface area contributed by atoms with E-state index in [9.17, 15) is 9.59 Å². The van der Waals surface area contributed by atoms with Crippen molar-refractivity contribution < 1.29 is 23.8 Å². The third-order valence-corrected chi connectivity index (χ3v) is 8.15. The maximum atomic E-state index is 12.6. The Bertz CT molecular complexity index is 1290. The van der Waals surface area contributed by atoms with Crippen molar-refractivity contribution in [2.45, 2.75) is 46.3 Å². The van der Waals surface area contributed by atoms with Crippen molar-refractivity contribution in [1.29, 1.82) is 0 Å². The number of methoxy groups -OCH3 is 2. The van der Waals surface area contributed by atoms with Crippen LogP contribution < -0.4 is 15.5 Å². The molecule has 0 spiro atoms. The molecule has 39 heavy (non-hydrogen) atoms. The van der Waals surface area contributed by atoms with Gasteiger partial charge in [0.1, 0.15) is 0 Å². The number of nitrogens with one attached hydrogen (secondary N) is 2. The van der Waals surface area contributed by atoms with Crippen LogP contribution in [0.5, 0.6) is 0 Å². The molecular weight excluding hydrogens is 520 g/mol. The molecule has 2 N–H and O–H groups in total. The molecule has 3 aromatic rings. The molecule has 0 aliphatic carbocycles. The lowest BCUT2D eigenvalue weighted by Gasteiger charge is -2.39. The Morgan fingerprint density at radius 1 is 1.08 bits per heavy atom. The average Bonchev–Trinajstić information content (AvgIpc) is 3.36. The highest BCUT2D eigenvalue weighted by molar-refractivity contribution is 7.22. The van der Waals surface area contributed by atoms with Gasteiger partial charge in [-0.2, -0.15) is 0 Å². The monoisotopic (exact) mass is 556 g/mol. The van der Waals surface area contributed by atoms with Gasteiger partial charge in [0.05, 0.1) is 22.2 Å². The first-order valence-corrected chi connectivity index (χ1v) is 14.0. The number of hydrogen-bond donors (Lipinski definition) is 2. The van der Waals surface area contributed by atoms with Gasteiger partial charge in [-0.15, -0.1) is 0 Å². The van der Waals surface area contributed by atoms with E-state index in [-0.39, 0.29) is 12.0 Å². The van der Waals surface area contributed by atoms with Gasteiger partial charge in [0.15, 0.2) is 11.4 Å². The lowest BCUT2D eigenvalue weighted by Crippen LogP contribution is -2.45. The predicted octanol–water partition coefficient (Wildman–Crippen LogP) is 4.75. The third kappa shape index (κ3) is 6.13. The van der Waals surface area contributed by atoms with E-state index in [4.69, 9.17) is 14.2 Å². The molecule has 1 fully saturated rings. The number of nitrogens with zero attached hydrogens (tertiary/aromatic N) is 4. The number of piperidine rings is 1. The first-order chi connectivity index (χ1) is 18.9. The fourth-order valence-corrected chi connectivity index (χ4v) is 5.82. The van der Waals surface area contributed by atoms with Crippen LogP contribution in [0.1, 0.15) is 51.9 Å². The lowest BCUT2D eigenvalue weighted by atomic mass is 9.76. The number of urea groups is 1. The van der Waals surface area contributed by atoms with Crippen LogP contribution in [0, 0.1) is 5.41 Å². The quantitative estimate of drug-likeness (QED) is 0.269. The number of anilines is 2. The predicted molar refractivity (Wildman–Crippen MR) is 151 cm³/mol. The maximum Gasteiger partial charge on any atom is 0.321 e. The molecule has 0 radical (unpaired) electrons. The molecule has 12 heteroatoms. The van der Waals surface area contributed by atoms with E-state index in [1.54, 1.807) is 26.6 Å². The zero-order valence-electron chi connectivity index (χ0n) is 23.1. The summed E-state index contributed by atoms with van der Waals surface area (Å²) in [6, 6.07) is 3.60. The minimum Gasteiger partial charge on any atom is -0.466 e. The van der Waals surface area contributed by atoms with Gasteiger partial charge in [-0.25, -0.2) is 19.7 Å². The number of thiazole rings is 1. The van der Waals surface area contributed by atoms with Crippen molar-refractivity contribution in [3.8, 4) is 11.1 Å². The van der Waals surface area contributed by atoms with E-state index in [1.165, 1.54) is 11.3 Å². The molecule has 11 nitrogen and oxygen atoms in total. The Balaban J connectivity index is 1.58. The molecule has 4 rings (SSSR count). The average molecular weight is 557 g/mol. The summed E-state index contributed by atoms with van der Waals surface area (Å²) in [5, 5.41) is 5.96. The van der Waals surface area contributed by atoms with Gasteiger partial charge in [-0.1, -0.05) is 18.3 Å². The molecular formula is C27H36N6O5S. The summed E-state index contributed by atoms with van der Waals surface area (Å²) in [7, 11) is 3.15. The number of amides is 2. The van der Waals surface area contributed by atoms with Crippen LogP contribution in [0.15, 0.2) is 24.5 Å². The van der Waals surface area contributed by atoms with Crippen molar-refractivity contribution in [1.82, 2.24) is 20.3 Å². The van der Waals surface area contributed by atoms with Crippen LogP contribution in [-0.2, 0) is 19.0 Å². The first kappa shape index (κ1) is 28.7. The number of carbonyl (C=O) groups is 2. The largest absolute Gasteiger partial charge is 0.466 e. The minimum absolute atomic E-state index is 0.105. The molecule has 0 saturated carbocycles. The second-order valence-electron chi connectivity index (χ2n) is 9.33. The fraction of sp³-hybridized carbons (Fsp3) is 0.519. The number of fused-ring (bicyclic) bond motifs is 1. The highest BCUT2D eigenvalue weighted by Crippen LogP contribution is 2.39. The number of esters is 1. The summed E-state index contributed by atoms with van der Waals surface area (Å²) < 4.78 is 17.3. The van der Waals surface area contributed by atoms with Crippen molar-refractivity contribution in [3.63, 3.8) is 0 Å². The summed E-state index contributed by atoms with van der Waals surface area (Å²) in [5.74, 6) is 0.522. The molecule has 1 aromatic carbocycles. The van der Waals surface area contributed by atoms with Crippen LogP contribution in [0.2, 0.25) is 0 Å². The van der Waals surface area contributed by atoms with E-state index in [0.717, 1.165) is 27.8 Å². The Morgan fingerprint density at radius 2 is 1.77 bits per heavy atom. The Labute approximate surface area is 232 Å². The molecule has 210 valence electrons. The molecule has 3 heterocycles. The first-order valence-electron chi connectivity index (χ1n) is 13.2. The van der Waals surface area contributed by atoms with Crippen molar-refractivity contribution in [3.05, 3.63) is 30.1 Å². The molecule has 1 aliphatic heterocycles. The second-order valence-corrected chi connectivity index (χ2v) is 10.3. The smallest absolute Gasteiger partial charge is 0.321 e. The van der Waals surface area contributed by atoms with Gasteiger partial charge < -0.3 is 24.4 Å². The van der Waals surface area contributed by atoms with Gasteiger partial charge >= 0.3 is 12.0 Å². The SMILES string of the molecule is CCNC(=O)Nc1nc2cc(-c3cnc(N4CCC(CC)(C(=O)OCC)CC4)nc3)cc(C(OC)OC)c2s1. The Morgan fingerprint density at radius 3 is 2.36 bits per heavy atom. The highest BCUT2D eigenvalue weighted by atomic mass is 32.1. The molecule has 1 aliphatic rings. The fourth-order valence-electron chi connectivity index (χ4n) is 4.86. The van der Waals surface area contributed by atoms with E-state index in [2.05, 4.69) is 30.5 Å². The third-order valence-electron chi connectivity index (χ3n) is 7.12. The molecule has 0 bridgehead atoms. The number of benzene rings is 1. The van der Waals surface area contributed by atoms with Crippen molar-refractivity contribution in [2.24, 2.45) is 5.41 Å². The van der Waals surface area contributed by atoms with Crippen LogP contribution in [0.25, 0.3) is 21.3 Å². The summed E-state index contributed by atoms with van der Waals surface area (Å²) in [4.78, 5) is 40.6. The summed E-state index contributed by atoms with van der Waals surface area (Å²) in [6.45, 7) is 8.02. The van der Waals surface area contributed by atoms with E-state index < -0.39 is 11.7 Å². The lowest BCUT2D eigenvalue weighted by molar-refractivity contribution is -0.157. The van der Waals surface area contributed by atoms with Gasteiger partial charge in [0.2, 0.25) is 5.95 Å². The van der Waals surface area contributed by atoms with E-state index in [0.29, 0.717) is 55.7 Å². The van der Waals surface area contributed by atoms with Gasteiger partial charge in [0, 0.05) is 57.4 Å². The zero-order valence-corrected chi connectivity index (χ0v) is 23.9.